The molecule has 1 saturated carbocycles. The van der Waals surface area contributed by atoms with Gasteiger partial charge in [-0.05, 0) is 62.7 Å². The van der Waals surface area contributed by atoms with Crippen molar-refractivity contribution in [1.29, 1.82) is 0 Å². The van der Waals surface area contributed by atoms with Gasteiger partial charge in [-0.1, -0.05) is 56.9 Å². The van der Waals surface area contributed by atoms with E-state index in [1.165, 1.54) is 56.9 Å². The van der Waals surface area contributed by atoms with Crippen LogP contribution >= 0.6 is 0 Å². The Labute approximate surface area is 120 Å². The van der Waals surface area contributed by atoms with Crippen LogP contribution in [0.3, 0.4) is 0 Å². The smallest absolute Gasteiger partial charge is 0.0288 e. The van der Waals surface area contributed by atoms with Gasteiger partial charge in [0.1, 0.15) is 0 Å². The van der Waals surface area contributed by atoms with Gasteiger partial charge in [0.15, 0.2) is 0 Å². The van der Waals surface area contributed by atoms with Crippen LogP contribution in [0.15, 0.2) is 23.3 Å². The molecule has 0 heteroatoms. The predicted octanol–water partition coefficient (Wildman–Crippen LogP) is 6.29. The van der Waals surface area contributed by atoms with Gasteiger partial charge in [0, 0.05) is 0 Å². The molecule has 2 aliphatic rings. The molecule has 0 nitrogen and oxygen atoms in total. The van der Waals surface area contributed by atoms with Crippen LogP contribution in [0, 0.1) is 17.3 Å². The first-order chi connectivity index (χ1) is 9.02. The maximum Gasteiger partial charge on any atom is -0.0288 e. The Kier molecular flexibility index (Phi) is 4.92. The van der Waals surface area contributed by atoms with E-state index < -0.39 is 0 Å². The first kappa shape index (κ1) is 14.9. The molecule has 19 heavy (non-hydrogen) atoms. The van der Waals surface area contributed by atoms with Crippen LogP contribution in [-0.4, -0.2) is 0 Å². The zero-order chi connectivity index (χ0) is 13.9. The average Bonchev–Trinajstić information content (AvgIpc) is 3.06. The summed E-state index contributed by atoms with van der Waals surface area (Å²) in [4.78, 5) is 0. The summed E-state index contributed by atoms with van der Waals surface area (Å²) in [7, 11) is 0. The van der Waals surface area contributed by atoms with Crippen molar-refractivity contribution in [2.75, 3.05) is 0 Å². The Morgan fingerprint density at radius 3 is 2.74 bits per heavy atom. The minimum atomic E-state index is 0.550. The third-order valence-electron chi connectivity index (χ3n) is 5.48. The van der Waals surface area contributed by atoms with Gasteiger partial charge in [-0.25, -0.2) is 0 Å². The summed E-state index contributed by atoms with van der Waals surface area (Å²) in [5.74, 6) is 2.10. The molecular formula is C19H32. The number of hydrogen-bond acceptors (Lipinski definition) is 0. The first-order valence-corrected chi connectivity index (χ1v) is 8.38. The minimum absolute atomic E-state index is 0.550. The van der Waals surface area contributed by atoms with Crippen LogP contribution < -0.4 is 0 Å². The number of rotatable bonds is 5. The van der Waals surface area contributed by atoms with Gasteiger partial charge >= 0.3 is 0 Å². The molecule has 2 rings (SSSR count). The van der Waals surface area contributed by atoms with Gasteiger partial charge in [0.25, 0.3) is 0 Å². The van der Waals surface area contributed by atoms with Crippen molar-refractivity contribution in [1.82, 2.24) is 0 Å². The standard InChI is InChI=1S/C19H32/c1-5-17-9-12-19(4,11-8-15(2)13-17)10-6-7-18-14-16(18)3/h8,13,16,18H,5-7,9-12,14H2,1-4H3. The highest BCUT2D eigenvalue weighted by Gasteiger charge is 2.32. The van der Waals surface area contributed by atoms with Gasteiger partial charge in [0.05, 0.1) is 0 Å². The van der Waals surface area contributed by atoms with Crippen LogP contribution in [0.4, 0.5) is 0 Å². The molecule has 0 spiro atoms. The molecule has 0 N–H and O–H groups in total. The van der Waals surface area contributed by atoms with Crippen molar-refractivity contribution < 1.29 is 0 Å². The van der Waals surface area contributed by atoms with E-state index in [1.807, 2.05) is 0 Å². The summed E-state index contributed by atoms with van der Waals surface area (Å²) in [5.41, 5.74) is 3.68. The maximum absolute atomic E-state index is 2.52. The number of allylic oxidation sites excluding steroid dienone is 4. The molecule has 2 aliphatic carbocycles. The van der Waals surface area contributed by atoms with Crippen molar-refractivity contribution in [3.63, 3.8) is 0 Å². The predicted molar refractivity (Wildman–Crippen MR) is 85.2 cm³/mol. The first-order valence-electron chi connectivity index (χ1n) is 8.38. The zero-order valence-corrected chi connectivity index (χ0v) is 13.5. The summed E-state index contributed by atoms with van der Waals surface area (Å²) in [5, 5.41) is 0. The van der Waals surface area contributed by atoms with E-state index in [0.717, 1.165) is 11.8 Å². The molecule has 0 aromatic heterocycles. The van der Waals surface area contributed by atoms with Crippen LogP contribution in [0.5, 0.6) is 0 Å². The Bertz CT molecular complexity index is 360. The second-order valence-electron chi connectivity index (χ2n) is 7.48. The quantitative estimate of drug-likeness (QED) is 0.545. The summed E-state index contributed by atoms with van der Waals surface area (Å²) in [6, 6.07) is 0. The lowest BCUT2D eigenvalue weighted by molar-refractivity contribution is 0.260. The minimum Gasteiger partial charge on any atom is -0.0811 e. The Hall–Kier alpha value is -0.520. The highest BCUT2D eigenvalue weighted by atomic mass is 14.4. The van der Waals surface area contributed by atoms with Crippen LogP contribution in [0.25, 0.3) is 0 Å². The van der Waals surface area contributed by atoms with E-state index in [-0.39, 0.29) is 0 Å². The number of hydrogen-bond donors (Lipinski definition) is 0. The highest BCUT2D eigenvalue weighted by molar-refractivity contribution is 5.23. The molecule has 0 bridgehead atoms. The van der Waals surface area contributed by atoms with E-state index in [4.69, 9.17) is 0 Å². The fraction of sp³-hybridized carbons (Fsp3) is 0.789. The summed E-state index contributed by atoms with van der Waals surface area (Å²) >= 11 is 0. The van der Waals surface area contributed by atoms with Crippen molar-refractivity contribution in [2.45, 2.75) is 79.1 Å². The molecular weight excluding hydrogens is 228 g/mol. The average molecular weight is 260 g/mol. The van der Waals surface area contributed by atoms with Gasteiger partial charge in [0.2, 0.25) is 0 Å². The van der Waals surface area contributed by atoms with Gasteiger partial charge in [-0.3, -0.25) is 0 Å². The molecule has 1 fully saturated rings. The van der Waals surface area contributed by atoms with Crippen LogP contribution in [-0.2, 0) is 0 Å². The summed E-state index contributed by atoms with van der Waals surface area (Å²) < 4.78 is 0. The van der Waals surface area contributed by atoms with Crippen molar-refractivity contribution in [3.8, 4) is 0 Å². The lowest BCUT2D eigenvalue weighted by Crippen LogP contribution is -2.17. The van der Waals surface area contributed by atoms with Crippen LogP contribution in [0.2, 0.25) is 0 Å². The highest BCUT2D eigenvalue weighted by Crippen LogP contribution is 2.44. The van der Waals surface area contributed by atoms with E-state index in [0.29, 0.717) is 5.41 Å². The summed E-state index contributed by atoms with van der Waals surface area (Å²) in [6.07, 6.45) is 16.0. The molecule has 3 atom stereocenters. The molecule has 0 aromatic rings. The van der Waals surface area contributed by atoms with Crippen molar-refractivity contribution in [2.24, 2.45) is 17.3 Å². The molecule has 0 aromatic carbocycles. The summed E-state index contributed by atoms with van der Waals surface area (Å²) in [6.45, 7) is 9.50. The van der Waals surface area contributed by atoms with E-state index in [2.05, 4.69) is 39.8 Å². The molecule has 108 valence electrons. The second-order valence-corrected chi connectivity index (χ2v) is 7.48. The molecule has 0 amide bonds. The normalized spacial score (nSPS) is 35.2. The Morgan fingerprint density at radius 2 is 2.11 bits per heavy atom. The van der Waals surface area contributed by atoms with Gasteiger partial charge in [-0.15, -0.1) is 0 Å². The monoisotopic (exact) mass is 260 g/mol. The lowest BCUT2D eigenvalue weighted by Gasteiger charge is -2.30. The molecule has 0 saturated heterocycles. The zero-order valence-electron chi connectivity index (χ0n) is 13.5. The van der Waals surface area contributed by atoms with E-state index in [9.17, 15) is 0 Å². The molecule has 3 unspecified atom stereocenters. The van der Waals surface area contributed by atoms with Crippen molar-refractivity contribution in [3.05, 3.63) is 23.3 Å². The lowest BCUT2D eigenvalue weighted by atomic mass is 9.75. The Morgan fingerprint density at radius 1 is 1.37 bits per heavy atom. The van der Waals surface area contributed by atoms with Crippen LogP contribution in [0.1, 0.15) is 79.1 Å². The second kappa shape index (κ2) is 6.29. The topological polar surface area (TPSA) is 0 Å². The molecule has 0 aliphatic heterocycles. The molecule has 0 heterocycles. The van der Waals surface area contributed by atoms with E-state index in [1.54, 1.807) is 5.57 Å². The molecule has 0 radical (unpaired) electrons. The third kappa shape index (κ3) is 4.51. The third-order valence-corrected chi connectivity index (χ3v) is 5.48. The maximum atomic E-state index is 2.52. The van der Waals surface area contributed by atoms with Crippen molar-refractivity contribution >= 4 is 0 Å². The van der Waals surface area contributed by atoms with Gasteiger partial charge in [-0.2, -0.15) is 0 Å². The SMILES string of the molecule is CCC1=CC(C)=CCC(C)(CCCC2CC2C)CC1. The van der Waals surface area contributed by atoms with Gasteiger partial charge < -0.3 is 0 Å². The van der Waals surface area contributed by atoms with E-state index >= 15 is 0 Å². The Balaban J connectivity index is 1.86. The fourth-order valence-corrected chi connectivity index (χ4v) is 3.52. The fourth-order valence-electron chi connectivity index (χ4n) is 3.52. The largest absolute Gasteiger partial charge is 0.0811 e.